The summed E-state index contributed by atoms with van der Waals surface area (Å²) in [4.78, 5) is 26.2. The van der Waals surface area contributed by atoms with Gasteiger partial charge in [0.2, 0.25) is 0 Å². The molecule has 7 heteroatoms. The first-order chi connectivity index (χ1) is 17.2. The van der Waals surface area contributed by atoms with Gasteiger partial charge in [0, 0.05) is 37.9 Å². The van der Waals surface area contributed by atoms with Crippen molar-refractivity contribution in [3.63, 3.8) is 0 Å². The number of piperidine rings is 1. The minimum Gasteiger partial charge on any atom is -0.444 e. The van der Waals surface area contributed by atoms with Crippen LogP contribution in [0.3, 0.4) is 0 Å². The third-order valence-corrected chi connectivity index (χ3v) is 6.31. The topological polar surface area (TPSA) is 82.7 Å². The number of carbonyl (C=O) groups is 2. The van der Waals surface area contributed by atoms with Crippen molar-refractivity contribution in [3.8, 4) is 0 Å². The summed E-state index contributed by atoms with van der Waals surface area (Å²) < 4.78 is 5.26. The second-order valence-corrected chi connectivity index (χ2v) is 10.4. The molecule has 0 aliphatic carbocycles. The van der Waals surface area contributed by atoms with Crippen molar-refractivity contribution in [2.45, 2.75) is 71.4 Å². The molecule has 1 aliphatic rings. The van der Waals surface area contributed by atoms with Crippen LogP contribution >= 0.6 is 0 Å². The number of nitrogens with one attached hydrogen (secondary N) is 3. The Bertz CT molecular complexity index is 960. The number of rotatable bonds is 9. The van der Waals surface area contributed by atoms with Gasteiger partial charge in [-0.05, 0) is 81.7 Å². The number of carbonyl (C=O) groups excluding carboxylic acids is 2. The molecule has 3 rings (SSSR count). The molecule has 1 heterocycles. The Balaban J connectivity index is 1.32. The number of aryl methyl sites for hydroxylation is 1. The number of nitrogens with zero attached hydrogens (tertiary/aromatic N) is 1. The normalized spacial score (nSPS) is 14.3. The van der Waals surface area contributed by atoms with Crippen LogP contribution in [-0.4, -0.2) is 54.8 Å². The van der Waals surface area contributed by atoms with Crippen LogP contribution in [0.5, 0.6) is 0 Å². The molecule has 2 aromatic carbocycles. The van der Waals surface area contributed by atoms with Gasteiger partial charge in [0.25, 0.3) is 0 Å². The van der Waals surface area contributed by atoms with Crippen LogP contribution in [0.1, 0.15) is 57.2 Å². The van der Waals surface area contributed by atoms with Gasteiger partial charge >= 0.3 is 12.1 Å². The van der Waals surface area contributed by atoms with Gasteiger partial charge in [-0.25, -0.2) is 9.59 Å². The van der Waals surface area contributed by atoms with E-state index < -0.39 is 5.60 Å². The van der Waals surface area contributed by atoms with E-state index in [1.165, 1.54) is 11.1 Å². The highest BCUT2D eigenvalue weighted by atomic mass is 16.6. The number of alkyl carbamates (subject to hydrolysis) is 1. The number of urea groups is 1. The van der Waals surface area contributed by atoms with E-state index in [9.17, 15) is 9.59 Å². The molecule has 1 saturated heterocycles. The van der Waals surface area contributed by atoms with Gasteiger partial charge in [0.1, 0.15) is 5.60 Å². The smallest absolute Gasteiger partial charge is 0.407 e. The van der Waals surface area contributed by atoms with E-state index in [-0.39, 0.29) is 12.1 Å². The monoisotopic (exact) mass is 494 g/mol. The molecule has 36 heavy (non-hydrogen) atoms. The molecular weight excluding hydrogens is 452 g/mol. The van der Waals surface area contributed by atoms with Gasteiger partial charge in [-0.15, -0.1) is 0 Å². The van der Waals surface area contributed by atoms with Crippen molar-refractivity contribution < 1.29 is 14.3 Å². The van der Waals surface area contributed by atoms with Crippen molar-refractivity contribution in [2.75, 3.05) is 31.5 Å². The Morgan fingerprint density at radius 1 is 0.861 bits per heavy atom. The minimum absolute atomic E-state index is 0.0305. The Labute approximate surface area is 216 Å². The lowest BCUT2D eigenvalue weighted by Gasteiger charge is -2.33. The number of hydrogen-bond donors (Lipinski definition) is 3. The Morgan fingerprint density at radius 3 is 1.94 bits per heavy atom. The molecule has 3 amide bonds. The van der Waals surface area contributed by atoms with E-state index in [1.807, 2.05) is 25.7 Å². The largest absolute Gasteiger partial charge is 0.444 e. The molecule has 0 spiro atoms. The fraction of sp³-hybridized carbons (Fsp3) is 0.517. The fourth-order valence-electron chi connectivity index (χ4n) is 4.22. The second kappa shape index (κ2) is 13.2. The average molecular weight is 495 g/mol. The summed E-state index contributed by atoms with van der Waals surface area (Å²) in [6.07, 6.45) is 4.10. The second-order valence-electron chi connectivity index (χ2n) is 10.4. The minimum atomic E-state index is -0.487. The van der Waals surface area contributed by atoms with Crippen LogP contribution in [0.2, 0.25) is 0 Å². The van der Waals surface area contributed by atoms with Crippen molar-refractivity contribution in [1.29, 1.82) is 0 Å². The Hall–Kier alpha value is -3.22. The molecule has 1 aliphatic heterocycles. The third kappa shape index (κ3) is 9.44. The number of ether oxygens (including phenoxy) is 1. The fourth-order valence-corrected chi connectivity index (χ4v) is 4.22. The van der Waals surface area contributed by atoms with Gasteiger partial charge in [0.05, 0.1) is 0 Å². The average Bonchev–Trinajstić information content (AvgIpc) is 2.85. The standard InChI is InChI=1S/C29H42N4O3/c1-5-22-6-8-23(9-7-22)14-18-30-27(34)33-20-16-26(17-21-33)32-25-12-10-24(11-13-25)15-19-31-28(35)36-29(2,3)4/h6-13,26,32H,5,14-21H2,1-4H3,(H,30,34)(H,31,35). The van der Waals surface area contributed by atoms with E-state index >= 15 is 0 Å². The predicted octanol–water partition coefficient (Wildman–Crippen LogP) is 5.14. The zero-order valence-corrected chi connectivity index (χ0v) is 22.2. The Morgan fingerprint density at radius 2 is 1.39 bits per heavy atom. The summed E-state index contributed by atoms with van der Waals surface area (Å²) in [6.45, 7) is 10.4. The molecule has 2 aromatic rings. The predicted molar refractivity (Wildman–Crippen MR) is 146 cm³/mol. The quantitative estimate of drug-likeness (QED) is 0.451. The Kier molecular flexibility index (Phi) is 10.0. The van der Waals surface area contributed by atoms with Crippen LogP contribution in [0.4, 0.5) is 15.3 Å². The lowest BCUT2D eigenvalue weighted by molar-refractivity contribution is 0.0528. The number of hydrogen-bond acceptors (Lipinski definition) is 4. The molecule has 0 unspecified atom stereocenters. The first kappa shape index (κ1) is 27.4. The summed E-state index contributed by atoms with van der Waals surface area (Å²) in [7, 11) is 0. The van der Waals surface area contributed by atoms with Gasteiger partial charge in [0.15, 0.2) is 0 Å². The molecule has 7 nitrogen and oxygen atoms in total. The van der Waals surface area contributed by atoms with Gasteiger partial charge in [-0.1, -0.05) is 43.3 Å². The van der Waals surface area contributed by atoms with E-state index in [0.29, 0.717) is 19.1 Å². The van der Waals surface area contributed by atoms with Gasteiger partial charge < -0.3 is 25.6 Å². The molecule has 0 bridgehead atoms. The summed E-state index contributed by atoms with van der Waals surface area (Å²) in [5, 5.41) is 9.45. The van der Waals surface area contributed by atoms with Crippen molar-refractivity contribution >= 4 is 17.8 Å². The highest BCUT2D eigenvalue weighted by Crippen LogP contribution is 2.18. The highest BCUT2D eigenvalue weighted by molar-refractivity contribution is 5.74. The van der Waals surface area contributed by atoms with Crippen LogP contribution in [0, 0.1) is 0 Å². The molecule has 0 atom stereocenters. The number of likely N-dealkylation sites (tertiary alicyclic amines) is 1. The van der Waals surface area contributed by atoms with E-state index in [0.717, 1.165) is 56.4 Å². The van der Waals surface area contributed by atoms with Gasteiger partial charge in [-0.3, -0.25) is 0 Å². The number of amides is 3. The maximum atomic E-state index is 12.5. The van der Waals surface area contributed by atoms with Gasteiger partial charge in [-0.2, -0.15) is 0 Å². The van der Waals surface area contributed by atoms with Crippen LogP contribution in [0.15, 0.2) is 48.5 Å². The maximum Gasteiger partial charge on any atom is 0.407 e. The van der Waals surface area contributed by atoms with Crippen molar-refractivity contribution in [1.82, 2.24) is 15.5 Å². The highest BCUT2D eigenvalue weighted by Gasteiger charge is 2.22. The van der Waals surface area contributed by atoms with Crippen molar-refractivity contribution in [3.05, 3.63) is 65.2 Å². The number of anilines is 1. The van der Waals surface area contributed by atoms with Crippen molar-refractivity contribution in [2.24, 2.45) is 0 Å². The lowest BCUT2D eigenvalue weighted by Crippen LogP contribution is -2.47. The number of benzene rings is 2. The molecule has 1 fully saturated rings. The summed E-state index contributed by atoms with van der Waals surface area (Å²) >= 11 is 0. The first-order valence-corrected chi connectivity index (χ1v) is 13.1. The lowest BCUT2D eigenvalue weighted by atomic mass is 10.0. The zero-order chi connectivity index (χ0) is 26.0. The maximum absolute atomic E-state index is 12.5. The summed E-state index contributed by atoms with van der Waals surface area (Å²) in [5.74, 6) is 0. The molecule has 0 radical (unpaired) electrons. The van der Waals surface area contributed by atoms with E-state index in [2.05, 4.69) is 71.4 Å². The third-order valence-electron chi connectivity index (χ3n) is 6.31. The molecule has 0 aromatic heterocycles. The summed E-state index contributed by atoms with van der Waals surface area (Å²) in [6, 6.07) is 17.3. The van der Waals surface area contributed by atoms with Crippen LogP contribution in [0.25, 0.3) is 0 Å². The molecule has 3 N–H and O–H groups in total. The van der Waals surface area contributed by atoms with E-state index in [4.69, 9.17) is 4.74 Å². The molecule has 0 saturated carbocycles. The SMILES string of the molecule is CCc1ccc(CCNC(=O)N2CCC(Nc3ccc(CCNC(=O)OC(C)(C)C)cc3)CC2)cc1. The van der Waals surface area contributed by atoms with Crippen LogP contribution < -0.4 is 16.0 Å². The molecule has 196 valence electrons. The first-order valence-electron chi connectivity index (χ1n) is 13.1. The van der Waals surface area contributed by atoms with Crippen LogP contribution in [-0.2, 0) is 24.0 Å². The zero-order valence-electron chi connectivity index (χ0n) is 22.2. The molecular formula is C29H42N4O3. The summed E-state index contributed by atoms with van der Waals surface area (Å²) in [5.41, 5.74) is 4.34. The van der Waals surface area contributed by atoms with E-state index in [1.54, 1.807) is 0 Å².